The molecule has 5 heteroatoms. The summed E-state index contributed by atoms with van der Waals surface area (Å²) >= 11 is 0. The Kier molecular flexibility index (Phi) is 8.56. The Morgan fingerprint density at radius 3 is 1.69 bits per heavy atom. The Labute approximate surface area is 359 Å². The highest BCUT2D eigenvalue weighted by atomic mass is 15.2. The first-order chi connectivity index (χ1) is 30.8. The molecule has 0 radical (unpaired) electrons. The Hall–Kier alpha value is -8.15. The zero-order valence-electron chi connectivity index (χ0n) is 33.9. The van der Waals surface area contributed by atoms with Gasteiger partial charge in [0, 0.05) is 44.1 Å². The molecule has 8 aromatic carbocycles. The summed E-state index contributed by atoms with van der Waals surface area (Å²) in [5, 5.41) is 3.49. The summed E-state index contributed by atoms with van der Waals surface area (Å²) in [6, 6.07) is 70.9. The molecule has 0 saturated heterocycles. The zero-order valence-corrected chi connectivity index (χ0v) is 33.9. The second-order valence-electron chi connectivity index (χ2n) is 15.9. The fraction of sp³-hybridized carbons (Fsp3) is 0.0351. The first-order valence-corrected chi connectivity index (χ1v) is 21.3. The minimum absolute atomic E-state index is 0.574. The van der Waals surface area contributed by atoms with E-state index in [0.29, 0.717) is 17.6 Å². The van der Waals surface area contributed by atoms with Gasteiger partial charge in [0.05, 0.1) is 22.2 Å². The van der Waals surface area contributed by atoms with E-state index in [0.717, 1.165) is 62.5 Å². The number of hydrogen-bond acceptors (Lipinski definition) is 3. The van der Waals surface area contributed by atoms with E-state index >= 15 is 0 Å². The van der Waals surface area contributed by atoms with Gasteiger partial charge < -0.3 is 4.57 Å². The van der Waals surface area contributed by atoms with E-state index in [1.165, 1.54) is 44.5 Å². The van der Waals surface area contributed by atoms with Gasteiger partial charge in [0.15, 0.2) is 11.6 Å². The maximum absolute atomic E-state index is 5.39. The second-order valence-corrected chi connectivity index (χ2v) is 15.9. The molecule has 5 nitrogen and oxygen atoms in total. The van der Waals surface area contributed by atoms with Crippen LogP contribution in [0.25, 0.3) is 107 Å². The SMILES string of the molecule is C1=Cc2c(n(-c3ccccc3-c3cccc(-c4ccccc4)c3)c3c2ccc2c4ccccc4n(-c4nc(-c5ccccc5)nc(-c5ccc(-c6ccccc6)cc5)n4)c23)CC1. The van der Waals surface area contributed by atoms with Crippen molar-refractivity contribution in [2.24, 2.45) is 0 Å². The van der Waals surface area contributed by atoms with E-state index in [1.807, 2.05) is 24.3 Å². The fourth-order valence-corrected chi connectivity index (χ4v) is 9.38. The van der Waals surface area contributed by atoms with Gasteiger partial charge in [-0.2, -0.15) is 9.97 Å². The molecule has 0 N–H and O–H groups in total. The van der Waals surface area contributed by atoms with Crippen LogP contribution in [0.2, 0.25) is 0 Å². The summed E-state index contributed by atoms with van der Waals surface area (Å²) in [5.41, 5.74) is 15.8. The van der Waals surface area contributed by atoms with Crippen LogP contribution in [0.5, 0.6) is 0 Å². The normalized spacial score (nSPS) is 12.3. The van der Waals surface area contributed by atoms with Gasteiger partial charge in [0.1, 0.15) is 0 Å². The molecule has 0 unspecified atom stereocenters. The number of hydrogen-bond donors (Lipinski definition) is 0. The largest absolute Gasteiger partial charge is 0.310 e. The number of rotatable bonds is 7. The molecule has 0 spiro atoms. The molecule has 62 heavy (non-hydrogen) atoms. The van der Waals surface area contributed by atoms with Crippen LogP contribution >= 0.6 is 0 Å². The third kappa shape index (κ3) is 5.97. The van der Waals surface area contributed by atoms with Gasteiger partial charge in [-0.3, -0.25) is 4.57 Å². The smallest absolute Gasteiger partial charge is 0.238 e. The number of aromatic nitrogens is 5. The molecule has 12 rings (SSSR count). The van der Waals surface area contributed by atoms with E-state index in [9.17, 15) is 0 Å². The maximum Gasteiger partial charge on any atom is 0.238 e. The third-order valence-corrected chi connectivity index (χ3v) is 12.3. The van der Waals surface area contributed by atoms with Crippen LogP contribution in [0, 0.1) is 0 Å². The van der Waals surface area contributed by atoms with Crippen LogP contribution in [0.15, 0.2) is 206 Å². The molecule has 0 fully saturated rings. The van der Waals surface area contributed by atoms with E-state index in [1.54, 1.807) is 0 Å². The van der Waals surface area contributed by atoms with Gasteiger partial charge in [0.25, 0.3) is 0 Å². The average molecular weight is 794 g/mol. The van der Waals surface area contributed by atoms with Gasteiger partial charge in [-0.1, -0.05) is 194 Å². The van der Waals surface area contributed by atoms with Crippen LogP contribution in [0.1, 0.15) is 17.7 Å². The fourth-order valence-electron chi connectivity index (χ4n) is 9.38. The number of benzene rings is 8. The molecule has 1 aliphatic carbocycles. The summed E-state index contributed by atoms with van der Waals surface area (Å²) in [5.74, 6) is 1.81. The summed E-state index contributed by atoms with van der Waals surface area (Å²) in [7, 11) is 0. The molecule has 0 aliphatic heterocycles. The van der Waals surface area contributed by atoms with Gasteiger partial charge in [-0.05, 0) is 58.9 Å². The molecule has 3 heterocycles. The van der Waals surface area contributed by atoms with Gasteiger partial charge in [0.2, 0.25) is 5.95 Å². The minimum Gasteiger partial charge on any atom is -0.310 e. The van der Waals surface area contributed by atoms with Crippen molar-refractivity contribution in [3.63, 3.8) is 0 Å². The molecule has 0 atom stereocenters. The first kappa shape index (κ1) is 35.8. The number of allylic oxidation sites excluding steroid dienone is 1. The van der Waals surface area contributed by atoms with E-state index in [2.05, 4.69) is 197 Å². The molecular weight excluding hydrogens is 755 g/mol. The first-order valence-electron chi connectivity index (χ1n) is 21.3. The second kappa shape index (κ2) is 14.8. The molecule has 292 valence electrons. The highest BCUT2D eigenvalue weighted by molar-refractivity contribution is 6.19. The van der Waals surface area contributed by atoms with Crippen molar-refractivity contribution in [1.82, 2.24) is 24.1 Å². The molecule has 0 bridgehead atoms. The maximum atomic E-state index is 5.39. The van der Waals surface area contributed by atoms with Crippen LogP contribution in [0.4, 0.5) is 0 Å². The summed E-state index contributed by atoms with van der Waals surface area (Å²) < 4.78 is 4.83. The van der Waals surface area contributed by atoms with Crippen LogP contribution in [-0.4, -0.2) is 24.1 Å². The van der Waals surface area contributed by atoms with E-state index in [4.69, 9.17) is 15.0 Å². The molecule has 11 aromatic rings. The van der Waals surface area contributed by atoms with Crippen molar-refractivity contribution in [3.05, 3.63) is 218 Å². The van der Waals surface area contributed by atoms with Crippen molar-refractivity contribution in [1.29, 1.82) is 0 Å². The summed E-state index contributed by atoms with van der Waals surface area (Å²) in [4.78, 5) is 15.9. The van der Waals surface area contributed by atoms with Gasteiger partial charge in [-0.15, -0.1) is 0 Å². The van der Waals surface area contributed by atoms with Crippen LogP contribution in [-0.2, 0) is 6.42 Å². The predicted molar refractivity (Wildman–Crippen MR) is 256 cm³/mol. The topological polar surface area (TPSA) is 48.5 Å². The quantitative estimate of drug-likeness (QED) is 0.161. The van der Waals surface area contributed by atoms with Crippen molar-refractivity contribution < 1.29 is 0 Å². The van der Waals surface area contributed by atoms with Crippen molar-refractivity contribution >= 4 is 38.8 Å². The van der Waals surface area contributed by atoms with Crippen LogP contribution < -0.4 is 0 Å². The average Bonchev–Trinajstić information content (AvgIpc) is 3.88. The highest BCUT2D eigenvalue weighted by Gasteiger charge is 2.27. The Morgan fingerprint density at radius 2 is 0.935 bits per heavy atom. The Bertz CT molecular complexity index is 3490. The molecular formula is C57H39N5. The summed E-state index contributed by atoms with van der Waals surface area (Å²) in [6.07, 6.45) is 6.53. The Balaban J connectivity index is 1.14. The van der Waals surface area contributed by atoms with Crippen molar-refractivity contribution in [2.75, 3.05) is 0 Å². The molecule has 0 saturated carbocycles. The van der Waals surface area contributed by atoms with Gasteiger partial charge in [-0.25, -0.2) is 4.98 Å². The standard InChI is InChI=1S/C57H39N5/c1-4-17-38(18-5-1)40-31-33-42(34-32-40)56-58-55(41-21-8-3-9-22-41)59-57(60-56)62-52-30-15-12-27-47(52)49-36-35-48-46-26-11-14-29-51(46)61(53(48)54(49)62)50-28-13-10-25-45(50)44-24-16-23-43(37-44)39-19-6-2-7-20-39/h1-13,15-28,30-37H,14,29H2. The number of fused-ring (bicyclic) bond motifs is 7. The monoisotopic (exact) mass is 793 g/mol. The zero-order chi connectivity index (χ0) is 41.0. The predicted octanol–water partition coefficient (Wildman–Crippen LogP) is 14.2. The highest BCUT2D eigenvalue weighted by Crippen LogP contribution is 2.44. The summed E-state index contributed by atoms with van der Waals surface area (Å²) in [6.45, 7) is 0. The lowest BCUT2D eigenvalue weighted by molar-refractivity contribution is 0.888. The molecule has 1 aliphatic rings. The minimum atomic E-state index is 0.574. The lowest BCUT2D eigenvalue weighted by Gasteiger charge is -2.18. The lowest BCUT2D eigenvalue weighted by atomic mass is 9.97. The molecule has 3 aromatic heterocycles. The number of nitrogens with zero attached hydrogens (tertiary/aromatic N) is 5. The van der Waals surface area contributed by atoms with Crippen LogP contribution in [0.3, 0.4) is 0 Å². The molecule has 0 amide bonds. The van der Waals surface area contributed by atoms with Crippen molar-refractivity contribution in [3.8, 4) is 67.8 Å². The number of para-hydroxylation sites is 2. The van der Waals surface area contributed by atoms with Crippen molar-refractivity contribution in [2.45, 2.75) is 12.8 Å². The van der Waals surface area contributed by atoms with Gasteiger partial charge >= 0.3 is 0 Å². The third-order valence-electron chi connectivity index (χ3n) is 12.3. The Morgan fingerprint density at radius 1 is 0.387 bits per heavy atom. The van der Waals surface area contributed by atoms with E-state index < -0.39 is 0 Å². The lowest BCUT2D eigenvalue weighted by Crippen LogP contribution is -2.08. The van der Waals surface area contributed by atoms with E-state index in [-0.39, 0.29) is 0 Å².